The summed E-state index contributed by atoms with van der Waals surface area (Å²) in [5.41, 5.74) is 3.19. The van der Waals surface area contributed by atoms with E-state index in [1.165, 1.54) is 0 Å². The second-order valence-corrected chi connectivity index (χ2v) is 8.29. The maximum atomic E-state index is 12.5. The highest BCUT2D eigenvalue weighted by Crippen LogP contribution is 2.23. The lowest BCUT2D eigenvalue weighted by atomic mass is 10.1. The maximum Gasteiger partial charge on any atom is 0.292 e. The first-order valence-corrected chi connectivity index (χ1v) is 10.7. The Bertz CT molecular complexity index is 1240. The molecule has 2 aromatic carbocycles. The van der Waals surface area contributed by atoms with E-state index in [0.717, 1.165) is 22.4 Å². The quantitative estimate of drug-likeness (QED) is 0.345. The average Bonchev–Trinajstić information content (AvgIpc) is 3.38. The summed E-state index contributed by atoms with van der Waals surface area (Å²) in [5, 5.41) is 8.09. The van der Waals surface area contributed by atoms with Crippen LogP contribution in [0.2, 0.25) is 10.0 Å². The molecule has 1 N–H and O–H groups in total. The van der Waals surface area contributed by atoms with Crippen molar-refractivity contribution in [2.45, 2.75) is 27.0 Å². The van der Waals surface area contributed by atoms with Crippen molar-refractivity contribution >= 4 is 34.9 Å². The summed E-state index contributed by atoms with van der Waals surface area (Å²) in [6.45, 7) is 4.75. The van der Waals surface area contributed by atoms with Crippen LogP contribution < -0.4 is 10.1 Å². The van der Waals surface area contributed by atoms with Gasteiger partial charge in [0, 0.05) is 12.3 Å². The Morgan fingerprint density at radius 1 is 1.03 bits per heavy atom. The van der Waals surface area contributed by atoms with E-state index in [-0.39, 0.29) is 18.3 Å². The molecule has 4 rings (SSSR count). The van der Waals surface area contributed by atoms with E-state index in [4.69, 9.17) is 32.4 Å². The van der Waals surface area contributed by atoms with Gasteiger partial charge >= 0.3 is 0 Å². The van der Waals surface area contributed by atoms with Crippen LogP contribution in [-0.4, -0.2) is 15.7 Å². The van der Waals surface area contributed by atoms with Crippen LogP contribution in [0.4, 0.5) is 5.82 Å². The molecule has 0 spiro atoms. The fourth-order valence-corrected chi connectivity index (χ4v) is 3.59. The number of nitrogens with one attached hydrogen (secondary N) is 1. The fraction of sp³-hybridized carbons (Fsp3) is 0.167. The maximum absolute atomic E-state index is 12.5. The molecule has 6 nitrogen and oxygen atoms in total. The molecular formula is C24H21Cl2N3O3. The summed E-state index contributed by atoms with van der Waals surface area (Å²) in [6.07, 6.45) is 1.77. The molecule has 0 fully saturated rings. The van der Waals surface area contributed by atoms with E-state index >= 15 is 0 Å². The predicted molar refractivity (Wildman–Crippen MR) is 125 cm³/mol. The first kappa shape index (κ1) is 22.0. The number of furan rings is 1. The summed E-state index contributed by atoms with van der Waals surface area (Å²) in [6, 6.07) is 16.4. The predicted octanol–water partition coefficient (Wildman–Crippen LogP) is 6.28. The summed E-state index contributed by atoms with van der Waals surface area (Å²) < 4.78 is 13.1. The molecule has 0 atom stereocenters. The Balaban J connectivity index is 1.34. The Labute approximate surface area is 195 Å². The van der Waals surface area contributed by atoms with Crippen LogP contribution in [0, 0.1) is 13.8 Å². The number of nitrogens with zero attached hydrogens (tertiary/aromatic N) is 2. The zero-order chi connectivity index (χ0) is 22.7. The number of hydrogen-bond acceptors (Lipinski definition) is 4. The van der Waals surface area contributed by atoms with Crippen molar-refractivity contribution in [2.75, 3.05) is 5.32 Å². The second-order valence-electron chi connectivity index (χ2n) is 7.48. The van der Waals surface area contributed by atoms with Gasteiger partial charge in [-0.15, -0.1) is 0 Å². The molecule has 0 radical (unpaired) electrons. The smallest absolute Gasteiger partial charge is 0.292 e. The number of benzene rings is 2. The number of amides is 1. The summed E-state index contributed by atoms with van der Waals surface area (Å²) in [7, 11) is 0. The number of rotatable bonds is 7. The van der Waals surface area contributed by atoms with Crippen LogP contribution in [0.25, 0.3) is 0 Å². The molecule has 2 aromatic heterocycles. The molecule has 2 heterocycles. The van der Waals surface area contributed by atoms with Crippen LogP contribution in [0.15, 0.2) is 65.2 Å². The van der Waals surface area contributed by atoms with Gasteiger partial charge in [0.1, 0.15) is 18.1 Å². The normalized spacial score (nSPS) is 10.9. The zero-order valence-electron chi connectivity index (χ0n) is 17.6. The third-order valence-electron chi connectivity index (χ3n) is 4.67. The van der Waals surface area contributed by atoms with Gasteiger partial charge in [-0.05, 0) is 66.9 Å². The molecule has 32 heavy (non-hydrogen) atoms. The number of carbonyl (C=O) groups is 1. The van der Waals surface area contributed by atoms with Crippen molar-refractivity contribution in [3.63, 3.8) is 0 Å². The first-order chi connectivity index (χ1) is 15.4. The van der Waals surface area contributed by atoms with Crippen LogP contribution in [-0.2, 0) is 13.2 Å². The van der Waals surface area contributed by atoms with Crippen molar-refractivity contribution in [3.05, 3.63) is 99.1 Å². The fourth-order valence-electron chi connectivity index (χ4n) is 3.27. The Hall–Kier alpha value is -3.22. The Morgan fingerprint density at radius 3 is 2.56 bits per heavy atom. The summed E-state index contributed by atoms with van der Waals surface area (Å²) in [4.78, 5) is 12.5. The van der Waals surface area contributed by atoms with E-state index in [1.54, 1.807) is 41.2 Å². The van der Waals surface area contributed by atoms with E-state index < -0.39 is 0 Å². The van der Waals surface area contributed by atoms with Gasteiger partial charge in [-0.25, -0.2) is 0 Å². The average molecular weight is 470 g/mol. The van der Waals surface area contributed by atoms with Gasteiger partial charge in [0.05, 0.1) is 16.6 Å². The highest BCUT2D eigenvalue weighted by atomic mass is 35.5. The molecule has 1 amide bonds. The van der Waals surface area contributed by atoms with Gasteiger partial charge in [0.2, 0.25) is 0 Å². The van der Waals surface area contributed by atoms with Gasteiger partial charge in [-0.3, -0.25) is 9.48 Å². The Kier molecular flexibility index (Phi) is 6.53. The van der Waals surface area contributed by atoms with Crippen LogP contribution in [0.3, 0.4) is 0 Å². The van der Waals surface area contributed by atoms with Crippen LogP contribution in [0.1, 0.15) is 33.0 Å². The van der Waals surface area contributed by atoms with Crippen molar-refractivity contribution in [3.8, 4) is 5.75 Å². The minimum Gasteiger partial charge on any atom is -0.486 e. The lowest BCUT2D eigenvalue weighted by Crippen LogP contribution is -2.12. The monoisotopic (exact) mass is 469 g/mol. The highest BCUT2D eigenvalue weighted by Gasteiger charge is 2.13. The molecule has 4 aromatic rings. The molecule has 0 bridgehead atoms. The number of hydrogen-bond donors (Lipinski definition) is 1. The first-order valence-electron chi connectivity index (χ1n) is 9.94. The van der Waals surface area contributed by atoms with Gasteiger partial charge in [-0.1, -0.05) is 35.3 Å². The topological polar surface area (TPSA) is 69.3 Å². The highest BCUT2D eigenvalue weighted by molar-refractivity contribution is 6.42. The lowest BCUT2D eigenvalue weighted by Gasteiger charge is -2.06. The number of anilines is 1. The summed E-state index contributed by atoms with van der Waals surface area (Å²) >= 11 is 12.0. The van der Waals surface area contributed by atoms with Gasteiger partial charge < -0.3 is 14.5 Å². The molecule has 0 saturated carbocycles. The van der Waals surface area contributed by atoms with Crippen LogP contribution >= 0.6 is 23.2 Å². The largest absolute Gasteiger partial charge is 0.486 e. The van der Waals surface area contributed by atoms with E-state index in [1.807, 2.05) is 32.0 Å². The number of carbonyl (C=O) groups excluding carboxylic acids is 1. The molecular weight excluding hydrogens is 449 g/mol. The molecule has 0 unspecified atom stereocenters. The lowest BCUT2D eigenvalue weighted by molar-refractivity contribution is 0.0992. The second kappa shape index (κ2) is 9.51. The number of halogens is 2. The van der Waals surface area contributed by atoms with Gasteiger partial charge in [-0.2, -0.15) is 5.10 Å². The Morgan fingerprint density at radius 2 is 1.81 bits per heavy atom. The van der Waals surface area contributed by atoms with E-state index in [2.05, 4.69) is 16.5 Å². The van der Waals surface area contributed by atoms with Gasteiger partial charge in [0.15, 0.2) is 11.6 Å². The number of ether oxygens (including phenoxy) is 1. The molecule has 8 heteroatoms. The van der Waals surface area contributed by atoms with Gasteiger partial charge in [0.25, 0.3) is 5.91 Å². The molecule has 164 valence electrons. The number of aryl methyl sites for hydroxylation is 2. The SMILES string of the molecule is Cc1cc(C)cc(OCc2ccc(C(=O)Nc3ccn(Cc4ccc(Cl)c(Cl)c4)n3)o2)c1. The third kappa shape index (κ3) is 5.52. The van der Waals surface area contributed by atoms with Crippen molar-refractivity contribution in [1.82, 2.24) is 9.78 Å². The summed E-state index contributed by atoms with van der Waals surface area (Å²) in [5.74, 6) is 1.53. The number of aromatic nitrogens is 2. The molecule has 0 aliphatic heterocycles. The van der Waals surface area contributed by atoms with E-state index in [0.29, 0.717) is 28.2 Å². The molecule has 0 aliphatic carbocycles. The molecule has 0 aliphatic rings. The minimum atomic E-state index is -0.387. The minimum absolute atomic E-state index is 0.183. The molecule has 0 saturated heterocycles. The third-order valence-corrected chi connectivity index (χ3v) is 5.41. The van der Waals surface area contributed by atoms with Crippen molar-refractivity contribution in [1.29, 1.82) is 0 Å². The standard InChI is InChI=1S/C24H21Cl2N3O3/c1-15-9-16(2)11-19(10-15)31-14-18-4-6-22(32-18)24(30)27-23-7-8-29(28-23)13-17-3-5-20(25)21(26)12-17/h3-12H,13-14H2,1-2H3,(H,27,28,30). The zero-order valence-corrected chi connectivity index (χ0v) is 19.1. The van der Waals surface area contributed by atoms with Crippen molar-refractivity contribution in [2.24, 2.45) is 0 Å². The van der Waals surface area contributed by atoms with E-state index in [9.17, 15) is 4.79 Å². The van der Waals surface area contributed by atoms with Crippen molar-refractivity contribution < 1.29 is 13.9 Å². The van der Waals surface area contributed by atoms with Crippen LogP contribution in [0.5, 0.6) is 5.75 Å².